The summed E-state index contributed by atoms with van der Waals surface area (Å²) in [6.07, 6.45) is 0. The van der Waals surface area contributed by atoms with Crippen LogP contribution in [0.2, 0.25) is 5.02 Å². The zero-order chi connectivity index (χ0) is 19.9. The zero-order valence-electron chi connectivity index (χ0n) is 15.1. The summed E-state index contributed by atoms with van der Waals surface area (Å²) in [6.45, 7) is 1.60. The van der Waals surface area contributed by atoms with E-state index in [0.717, 1.165) is 5.56 Å². The van der Waals surface area contributed by atoms with Crippen LogP contribution in [-0.2, 0) is 4.79 Å². The molecule has 142 valence electrons. The highest BCUT2D eigenvalue weighted by Crippen LogP contribution is 2.22. The lowest BCUT2D eigenvalue weighted by molar-refractivity contribution is -0.136. The number of halogens is 1. The molecule has 0 radical (unpaired) electrons. The highest BCUT2D eigenvalue weighted by molar-refractivity contribution is 6.30. The molecule has 0 aliphatic carbocycles. The van der Waals surface area contributed by atoms with Crippen LogP contribution in [-0.4, -0.2) is 18.5 Å². The number of amides is 1. The molecule has 0 heterocycles. The lowest BCUT2D eigenvalue weighted by Crippen LogP contribution is -2.18. The van der Waals surface area contributed by atoms with Gasteiger partial charge >= 0.3 is 5.97 Å². The minimum Gasteiger partial charge on any atom is -0.482 e. The fourth-order valence-corrected chi connectivity index (χ4v) is 2.70. The summed E-state index contributed by atoms with van der Waals surface area (Å²) in [7, 11) is 0. The number of hydrogen-bond donors (Lipinski definition) is 1. The molecule has 0 saturated carbocycles. The van der Waals surface area contributed by atoms with Crippen LogP contribution in [0.3, 0.4) is 0 Å². The van der Waals surface area contributed by atoms with Crippen LogP contribution < -0.4 is 14.8 Å². The van der Waals surface area contributed by atoms with Gasteiger partial charge in [0, 0.05) is 16.3 Å². The average Bonchev–Trinajstić information content (AvgIpc) is 2.68. The number of carbonyl (C=O) groups is 2. The Morgan fingerprint density at radius 1 is 0.964 bits per heavy atom. The Hall–Kier alpha value is -3.31. The quantitative estimate of drug-likeness (QED) is 0.477. The highest BCUT2D eigenvalue weighted by Gasteiger charge is 2.10. The zero-order valence-corrected chi connectivity index (χ0v) is 15.9. The Labute approximate surface area is 167 Å². The van der Waals surface area contributed by atoms with Gasteiger partial charge in [-0.25, -0.2) is 4.79 Å². The molecule has 3 aromatic carbocycles. The first-order valence-electron chi connectivity index (χ1n) is 8.57. The number of esters is 1. The molecule has 0 spiro atoms. The van der Waals surface area contributed by atoms with Crippen LogP contribution in [0.4, 0.5) is 5.69 Å². The molecule has 0 bridgehead atoms. The molecular weight excluding hydrogens is 378 g/mol. The van der Waals surface area contributed by atoms with Gasteiger partial charge in [-0.3, -0.25) is 4.79 Å². The maximum atomic E-state index is 12.2. The number of nitrogens with one attached hydrogen (secondary N) is 1. The second-order valence-corrected chi connectivity index (χ2v) is 6.45. The van der Waals surface area contributed by atoms with E-state index < -0.39 is 5.97 Å². The van der Waals surface area contributed by atoms with Crippen LogP contribution in [0, 0.1) is 6.92 Å². The molecule has 0 aliphatic heterocycles. The normalized spacial score (nSPS) is 10.2. The number of ether oxygens (including phenoxy) is 2. The lowest BCUT2D eigenvalue weighted by Gasteiger charge is -2.10. The summed E-state index contributed by atoms with van der Waals surface area (Å²) >= 11 is 5.89. The van der Waals surface area contributed by atoms with Crippen molar-refractivity contribution in [1.29, 1.82) is 0 Å². The van der Waals surface area contributed by atoms with Gasteiger partial charge in [-0.2, -0.15) is 0 Å². The predicted octanol–water partition coefficient (Wildman–Crippen LogP) is 4.89. The molecule has 0 fully saturated rings. The first kappa shape index (κ1) is 19.5. The first-order valence-corrected chi connectivity index (χ1v) is 8.95. The van der Waals surface area contributed by atoms with Crippen LogP contribution in [0.1, 0.15) is 15.9 Å². The molecule has 3 aromatic rings. The highest BCUT2D eigenvalue weighted by atomic mass is 35.5. The van der Waals surface area contributed by atoms with Gasteiger partial charge in [-0.05, 0) is 67.1 Å². The summed E-state index contributed by atoms with van der Waals surface area (Å²) in [5, 5.41) is 3.39. The van der Waals surface area contributed by atoms with Crippen molar-refractivity contribution >= 4 is 29.2 Å². The Morgan fingerprint density at radius 3 is 2.36 bits per heavy atom. The minimum absolute atomic E-state index is 0.237. The van der Waals surface area contributed by atoms with E-state index >= 15 is 0 Å². The first-order chi connectivity index (χ1) is 13.5. The number of rotatable bonds is 6. The Morgan fingerprint density at radius 2 is 1.68 bits per heavy atom. The number of benzene rings is 3. The summed E-state index contributed by atoms with van der Waals surface area (Å²) in [4.78, 5) is 24.2. The fraction of sp³-hybridized carbons (Fsp3) is 0.0909. The van der Waals surface area contributed by atoms with Crippen molar-refractivity contribution in [2.45, 2.75) is 6.92 Å². The van der Waals surface area contributed by atoms with E-state index in [4.69, 9.17) is 21.1 Å². The molecule has 0 aliphatic rings. The molecule has 6 heteroatoms. The molecule has 3 rings (SSSR count). The molecule has 0 unspecified atom stereocenters. The SMILES string of the molecule is Cc1cc(Cl)ccc1OCC(=O)Oc1ccc(C(=O)Nc2ccccc2)cc1. The van der Waals surface area contributed by atoms with Gasteiger partial charge in [0.1, 0.15) is 11.5 Å². The van der Waals surface area contributed by atoms with E-state index in [0.29, 0.717) is 27.8 Å². The Kier molecular flexibility index (Phi) is 6.29. The number of anilines is 1. The van der Waals surface area contributed by atoms with Crippen LogP contribution in [0.5, 0.6) is 11.5 Å². The smallest absolute Gasteiger partial charge is 0.349 e. The largest absolute Gasteiger partial charge is 0.482 e. The van der Waals surface area contributed by atoms with Crippen molar-refractivity contribution in [2.24, 2.45) is 0 Å². The van der Waals surface area contributed by atoms with Gasteiger partial charge in [-0.1, -0.05) is 29.8 Å². The van der Waals surface area contributed by atoms with E-state index in [9.17, 15) is 9.59 Å². The molecule has 5 nitrogen and oxygen atoms in total. The van der Waals surface area contributed by atoms with Crippen LogP contribution in [0.25, 0.3) is 0 Å². The van der Waals surface area contributed by atoms with Gasteiger partial charge < -0.3 is 14.8 Å². The maximum absolute atomic E-state index is 12.2. The number of para-hydroxylation sites is 1. The summed E-state index contributed by atoms with van der Waals surface area (Å²) in [6, 6.07) is 20.6. The van der Waals surface area contributed by atoms with Gasteiger partial charge in [0.2, 0.25) is 0 Å². The second kappa shape index (κ2) is 9.06. The van der Waals surface area contributed by atoms with Gasteiger partial charge in [-0.15, -0.1) is 0 Å². The van der Waals surface area contributed by atoms with E-state index in [1.165, 1.54) is 0 Å². The topological polar surface area (TPSA) is 64.6 Å². The maximum Gasteiger partial charge on any atom is 0.349 e. The monoisotopic (exact) mass is 395 g/mol. The summed E-state index contributed by atoms with van der Waals surface area (Å²) in [5.74, 6) is 0.105. The van der Waals surface area contributed by atoms with Crippen molar-refractivity contribution in [1.82, 2.24) is 0 Å². The van der Waals surface area contributed by atoms with Crippen molar-refractivity contribution in [3.05, 3.63) is 88.9 Å². The third-order valence-corrected chi connectivity index (χ3v) is 4.10. The van der Waals surface area contributed by atoms with Crippen molar-refractivity contribution < 1.29 is 19.1 Å². The van der Waals surface area contributed by atoms with Crippen molar-refractivity contribution in [3.8, 4) is 11.5 Å². The number of hydrogen-bond acceptors (Lipinski definition) is 4. The van der Waals surface area contributed by atoms with Crippen LogP contribution in [0.15, 0.2) is 72.8 Å². The fourth-order valence-electron chi connectivity index (χ4n) is 2.47. The van der Waals surface area contributed by atoms with Crippen molar-refractivity contribution in [2.75, 3.05) is 11.9 Å². The van der Waals surface area contributed by atoms with E-state index in [1.807, 2.05) is 25.1 Å². The van der Waals surface area contributed by atoms with Gasteiger partial charge in [0.15, 0.2) is 6.61 Å². The van der Waals surface area contributed by atoms with E-state index in [1.54, 1.807) is 54.6 Å². The average molecular weight is 396 g/mol. The molecule has 0 atom stereocenters. The molecule has 1 N–H and O–H groups in total. The van der Waals surface area contributed by atoms with Gasteiger partial charge in [0.25, 0.3) is 5.91 Å². The van der Waals surface area contributed by atoms with Gasteiger partial charge in [0.05, 0.1) is 0 Å². The summed E-state index contributed by atoms with van der Waals surface area (Å²) < 4.78 is 10.7. The molecule has 28 heavy (non-hydrogen) atoms. The van der Waals surface area contributed by atoms with E-state index in [2.05, 4.69) is 5.32 Å². The van der Waals surface area contributed by atoms with Crippen LogP contribution >= 0.6 is 11.6 Å². The third-order valence-electron chi connectivity index (χ3n) is 3.86. The number of aryl methyl sites for hydroxylation is 1. The Balaban J connectivity index is 1.53. The molecule has 0 saturated heterocycles. The Bertz CT molecular complexity index is 972. The number of carbonyl (C=O) groups excluding carboxylic acids is 2. The molecular formula is C22H18ClNO4. The lowest BCUT2D eigenvalue weighted by atomic mass is 10.2. The third kappa shape index (κ3) is 5.34. The molecule has 1 amide bonds. The van der Waals surface area contributed by atoms with E-state index in [-0.39, 0.29) is 12.5 Å². The standard InChI is InChI=1S/C22H18ClNO4/c1-15-13-17(23)9-12-20(15)27-14-21(25)28-19-10-7-16(8-11-19)22(26)24-18-5-3-2-4-6-18/h2-13H,14H2,1H3,(H,24,26). The summed E-state index contributed by atoms with van der Waals surface area (Å²) in [5.41, 5.74) is 1.99. The minimum atomic E-state index is -0.546. The predicted molar refractivity (Wildman–Crippen MR) is 108 cm³/mol. The second-order valence-electron chi connectivity index (χ2n) is 6.02. The molecule has 0 aromatic heterocycles. The van der Waals surface area contributed by atoms with Crippen molar-refractivity contribution in [3.63, 3.8) is 0 Å².